The molecule has 0 unspecified atom stereocenters. The Bertz CT molecular complexity index is 559. The minimum atomic E-state index is 0.490. The van der Waals surface area contributed by atoms with Crippen LogP contribution in [0.3, 0.4) is 0 Å². The Hall–Kier alpha value is -1.67. The van der Waals surface area contributed by atoms with Crippen molar-refractivity contribution < 1.29 is 0 Å². The lowest BCUT2D eigenvalue weighted by molar-refractivity contribution is 0.588. The summed E-state index contributed by atoms with van der Waals surface area (Å²) < 4.78 is 0. The smallest absolute Gasteiger partial charge is 0.0346 e. The first-order chi connectivity index (χ1) is 9.06. The molecule has 19 heavy (non-hydrogen) atoms. The summed E-state index contributed by atoms with van der Waals surface area (Å²) >= 11 is 0. The molecule has 0 aliphatic rings. The van der Waals surface area contributed by atoms with Crippen molar-refractivity contribution in [1.29, 1.82) is 0 Å². The molecule has 0 saturated carbocycles. The van der Waals surface area contributed by atoms with Crippen molar-refractivity contribution in [3.05, 3.63) is 53.3 Å². The zero-order chi connectivity index (χ0) is 13.8. The number of nitrogens with one attached hydrogen (secondary N) is 1. The second-order valence-corrected chi connectivity index (χ2v) is 5.44. The predicted molar refractivity (Wildman–Crippen MR) is 81.1 cm³/mol. The third-order valence-electron chi connectivity index (χ3n) is 3.21. The molecule has 100 valence electrons. The molecule has 2 heteroatoms. The first-order valence-corrected chi connectivity index (χ1v) is 6.81. The van der Waals surface area contributed by atoms with E-state index in [0.29, 0.717) is 6.04 Å². The highest BCUT2D eigenvalue weighted by molar-refractivity contribution is 5.67. The molecule has 1 aromatic carbocycles. The van der Waals surface area contributed by atoms with Crippen molar-refractivity contribution in [2.75, 3.05) is 0 Å². The van der Waals surface area contributed by atoms with Gasteiger partial charge in [0.1, 0.15) is 0 Å². The van der Waals surface area contributed by atoms with E-state index in [0.717, 1.165) is 6.54 Å². The standard InChI is InChI=1S/C17H22N2/c1-12(2)19-10-15-8-16(11-18-9-15)17-7-13(3)5-6-14(17)4/h5-9,11-12,19H,10H2,1-4H3. The zero-order valence-corrected chi connectivity index (χ0v) is 12.2. The second-order valence-electron chi connectivity index (χ2n) is 5.44. The molecule has 1 aromatic heterocycles. The number of pyridine rings is 1. The van der Waals surface area contributed by atoms with Gasteiger partial charge < -0.3 is 5.32 Å². The van der Waals surface area contributed by atoms with Gasteiger partial charge in [0.2, 0.25) is 0 Å². The molecular formula is C17H22N2. The van der Waals surface area contributed by atoms with Crippen LogP contribution in [-0.4, -0.2) is 11.0 Å². The summed E-state index contributed by atoms with van der Waals surface area (Å²) in [5.74, 6) is 0. The molecule has 0 amide bonds. The van der Waals surface area contributed by atoms with Crippen molar-refractivity contribution in [1.82, 2.24) is 10.3 Å². The van der Waals surface area contributed by atoms with E-state index in [1.807, 2.05) is 12.4 Å². The third-order valence-corrected chi connectivity index (χ3v) is 3.21. The molecule has 0 radical (unpaired) electrons. The fraction of sp³-hybridized carbons (Fsp3) is 0.353. The Morgan fingerprint density at radius 3 is 2.63 bits per heavy atom. The second kappa shape index (κ2) is 5.98. The fourth-order valence-corrected chi connectivity index (χ4v) is 2.10. The Balaban J connectivity index is 2.29. The average Bonchev–Trinajstić information content (AvgIpc) is 2.39. The van der Waals surface area contributed by atoms with E-state index in [9.17, 15) is 0 Å². The molecule has 0 bridgehead atoms. The lowest BCUT2D eigenvalue weighted by atomic mass is 9.99. The molecule has 2 rings (SSSR count). The van der Waals surface area contributed by atoms with E-state index < -0.39 is 0 Å². The first-order valence-electron chi connectivity index (χ1n) is 6.81. The van der Waals surface area contributed by atoms with Gasteiger partial charge >= 0.3 is 0 Å². The van der Waals surface area contributed by atoms with E-state index in [2.05, 4.69) is 62.3 Å². The molecule has 0 aliphatic carbocycles. The SMILES string of the molecule is Cc1ccc(C)c(-c2cncc(CNC(C)C)c2)c1. The third kappa shape index (κ3) is 3.65. The van der Waals surface area contributed by atoms with E-state index in [-0.39, 0.29) is 0 Å². The highest BCUT2D eigenvalue weighted by Crippen LogP contribution is 2.24. The number of hydrogen-bond acceptors (Lipinski definition) is 2. The van der Waals surface area contributed by atoms with Crippen LogP contribution in [0.1, 0.15) is 30.5 Å². The molecule has 2 nitrogen and oxygen atoms in total. The fourth-order valence-electron chi connectivity index (χ4n) is 2.10. The Kier molecular flexibility index (Phi) is 4.33. The molecule has 0 atom stereocenters. The Morgan fingerprint density at radius 1 is 1.11 bits per heavy atom. The van der Waals surface area contributed by atoms with Crippen LogP contribution in [0, 0.1) is 13.8 Å². The van der Waals surface area contributed by atoms with Crippen LogP contribution in [0.25, 0.3) is 11.1 Å². The van der Waals surface area contributed by atoms with Gasteiger partial charge in [0.05, 0.1) is 0 Å². The normalized spacial score (nSPS) is 11.0. The largest absolute Gasteiger partial charge is 0.310 e. The maximum absolute atomic E-state index is 4.37. The Morgan fingerprint density at radius 2 is 1.89 bits per heavy atom. The monoisotopic (exact) mass is 254 g/mol. The number of benzene rings is 1. The van der Waals surface area contributed by atoms with Gasteiger partial charge in [-0.3, -0.25) is 4.98 Å². The van der Waals surface area contributed by atoms with Crippen LogP contribution >= 0.6 is 0 Å². The molecule has 1 heterocycles. The van der Waals surface area contributed by atoms with Crippen molar-refractivity contribution in [3.8, 4) is 11.1 Å². The topological polar surface area (TPSA) is 24.9 Å². The average molecular weight is 254 g/mol. The van der Waals surface area contributed by atoms with Crippen LogP contribution in [0.4, 0.5) is 0 Å². The van der Waals surface area contributed by atoms with E-state index >= 15 is 0 Å². The van der Waals surface area contributed by atoms with Crippen LogP contribution in [0.2, 0.25) is 0 Å². The van der Waals surface area contributed by atoms with E-state index in [1.165, 1.54) is 27.8 Å². The number of aromatic nitrogens is 1. The lowest BCUT2D eigenvalue weighted by Gasteiger charge is -2.11. The minimum absolute atomic E-state index is 0.490. The molecule has 0 saturated heterocycles. The van der Waals surface area contributed by atoms with Crippen LogP contribution in [-0.2, 0) is 6.54 Å². The summed E-state index contributed by atoms with van der Waals surface area (Å²) in [4.78, 5) is 4.37. The maximum Gasteiger partial charge on any atom is 0.0346 e. The van der Waals surface area contributed by atoms with Gasteiger partial charge in [0.25, 0.3) is 0 Å². The van der Waals surface area contributed by atoms with Gasteiger partial charge in [-0.1, -0.05) is 37.6 Å². The van der Waals surface area contributed by atoms with Crippen molar-refractivity contribution in [2.45, 2.75) is 40.3 Å². The summed E-state index contributed by atoms with van der Waals surface area (Å²) in [6.45, 7) is 9.45. The summed E-state index contributed by atoms with van der Waals surface area (Å²) in [6, 6.07) is 9.26. The molecule has 2 aromatic rings. The predicted octanol–water partition coefficient (Wildman–Crippen LogP) is 3.86. The van der Waals surface area contributed by atoms with Gasteiger partial charge in [0, 0.05) is 30.5 Å². The van der Waals surface area contributed by atoms with Crippen molar-refractivity contribution >= 4 is 0 Å². The van der Waals surface area contributed by atoms with Gasteiger partial charge in [-0.15, -0.1) is 0 Å². The number of nitrogens with zero attached hydrogens (tertiary/aromatic N) is 1. The summed E-state index contributed by atoms with van der Waals surface area (Å²) in [7, 11) is 0. The number of hydrogen-bond donors (Lipinski definition) is 1. The van der Waals surface area contributed by atoms with Gasteiger partial charge in [0.15, 0.2) is 0 Å². The molecule has 0 spiro atoms. The molecule has 0 fully saturated rings. The molecular weight excluding hydrogens is 232 g/mol. The van der Waals surface area contributed by atoms with Crippen LogP contribution < -0.4 is 5.32 Å². The van der Waals surface area contributed by atoms with Gasteiger partial charge in [-0.25, -0.2) is 0 Å². The van der Waals surface area contributed by atoms with Gasteiger partial charge in [-0.05, 0) is 36.6 Å². The molecule has 1 N–H and O–H groups in total. The van der Waals surface area contributed by atoms with Gasteiger partial charge in [-0.2, -0.15) is 0 Å². The number of aryl methyl sites for hydroxylation is 2. The van der Waals surface area contributed by atoms with E-state index in [4.69, 9.17) is 0 Å². The quantitative estimate of drug-likeness (QED) is 0.896. The molecule has 0 aliphatic heterocycles. The Labute approximate surface area is 115 Å². The van der Waals surface area contributed by atoms with Crippen molar-refractivity contribution in [2.24, 2.45) is 0 Å². The zero-order valence-electron chi connectivity index (χ0n) is 12.2. The summed E-state index contributed by atoms with van der Waals surface area (Å²) in [5.41, 5.74) is 6.28. The summed E-state index contributed by atoms with van der Waals surface area (Å²) in [5, 5.41) is 3.43. The van der Waals surface area contributed by atoms with Crippen LogP contribution in [0.15, 0.2) is 36.7 Å². The van der Waals surface area contributed by atoms with Crippen molar-refractivity contribution in [3.63, 3.8) is 0 Å². The lowest BCUT2D eigenvalue weighted by Crippen LogP contribution is -2.21. The van der Waals surface area contributed by atoms with Crippen LogP contribution in [0.5, 0.6) is 0 Å². The summed E-state index contributed by atoms with van der Waals surface area (Å²) in [6.07, 6.45) is 3.88. The minimum Gasteiger partial charge on any atom is -0.310 e. The first kappa shape index (κ1) is 13.8. The van der Waals surface area contributed by atoms with E-state index in [1.54, 1.807) is 0 Å². The highest BCUT2D eigenvalue weighted by atomic mass is 14.9. The number of rotatable bonds is 4. The maximum atomic E-state index is 4.37. The highest BCUT2D eigenvalue weighted by Gasteiger charge is 2.04.